The Hall–Kier alpha value is -2.55. The summed E-state index contributed by atoms with van der Waals surface area (Å²) in [5, 5.41) is 8.85. The highest BCUT2D eigenvalue weighted by Gasteiger charge is 2.39. The van der Waals surface area contributed by atoms with E-state index in [-0.39, 0.29) is 50.0 Å². The minimum atomic E-state index is -1.01. The zero-order valence-electron chi connectivity index (χ0n) is 13.9. The normalized spacial score (nSPS) is 23.4. The summed E-state index contributed by atoms with van der Waals surface area (Å²) in [6.45, 7) is 0.712. The van der Waals surface area contributed by atoms with Gasteiger partial charge in [0.05, 0.1) is 25.0 Å². The van der Waals surface area contributed by atoms with Crippen molar-refractivity contribution in [1.82, 2.24) is 4.90 Å². The fraction of sp³-hybridized carbons (Fsp3) is 0.471. The molecule has 2 aliphatic heterocycles. The molecule has 9 heteroatoms. The van der Waals surface area contributed by atoms with Gasteiger partial charge in [-0.2, -0.15) is 0 Å². The Morgan fingerprint density at radius 3 is 2.54 bits per heavy atom. The first-order chi connectivity index (χ1) is 12.3. The molecule has 2 fully saturated rings. The Kier molecular flexibility index (Phi) is 5.17. The summed E-state index contributed by atoms with van der Waals surface area (Å²) < 4.78 is 32.1. The molecule has 0 aromatic heterocycles. The third-order valence-electron chi connectivity index (χ3n) is 4.49. The van der Waals surface area contributed by atoms with Crippen LogP contribution in [0.5, 0.6) is 0 Å². The van der Waals surface area contributed by atoms with Crippen LogP contribution in [-0.2, 0) is 19.1 Å². The molecular weight excluding hydrogens is 350 g/mol. The Balaban J connectivity index is 1.67. The first-order valence-electron chi connectivity index (χ1n) is 8.22. The van der Waals surface area contributed by atoms with Gasteiger partial charge in [-0.3, -0.25) is 14.4 Å². The first kappa shape index (κ1) is 18.2. The van der Waals surface area contributed by atoms with Crippen LogP contribution in [0.2, 0.25) is 0 Å². The number of amides is 2. The Morgan fingerprint density at radius 2 is 1.88 bits per heavy atom. The molecule has 1 aromatic carbocycles. The van der Waals surface area contributed by atoms with Crippen LogP contribution in [-0.4, -0.2) is 60.1 Å². The van der Waals surface area contributed by atoms with E-state index in [4.69, 9.17) is 9.84 Å². The number of carboxylic acid groups (broad SMARTS) is 1. The fourth-order valence-electron chi connectivity index (χ4n) is 3.31. The maximum absolute atomic E-state index is 13.4. The molecular formula is C17H18F2N2O5. The second-order valence-electron chi connectivity index (χ2n) is 6.41. The smallest absolute Gasteiger partial charge is 0.306 e. The molecule has 140 valence electrons. The van der Waals surface area contributed by atoms with Crippen molar-refractivity contribution in [1.29, 1.82) is 0 Å². The number of rotatable bonds is 4. The highest BCUT2D eigenvalue weighted by molar-refractivity contribution is 6.00. The van der Waals surface area contributed by atoms with Gasteiger partial charge in [-0.15, -0.1) is 0 Å². The largest absolute Gasteiger partial charge is 0.481 e. The van der Waals surface area contributed by atoms with Gasteiger partial charge in [-0.25, -0.2) is 8.78 Å². The number of benzene rings is 1. The van der Waals surface area contributed by atoms with Crippen LogP contribution in [0.15, 0.2) is 18.2 Å². The number of carboxylic acids is 1. The molecule has 26 heavy (non-hydrogen) atoms. The lowest BCUT2D eigenvalue weighted by Crippen LogP contribution is -2.48. The van der Waals surface area contributed by atoms with E-state index >= 15 is 0 Å². The van der Waals surface area contributed by atoms with Crippen molar-refractivity contribution in [3.05, 3.63) is 29.8 Å². The molecule has 3 rings (SSSR count). The average Bonchev–Trinajstić information content (AvgIpc) is 2.95. The molecule has 0 unspecified atom stereocenters. The van der Waals surface area contributed by atoms with Gasteiger partial charge in [0.1, 0.15) is 11.6 Å². The van der Waals surface area contributed by atoms with Gasteiger partial charge in [0.15, 0.2) is 0 Å². The molecule has 2 atom stereocenters. The highest BCUT2D eigenvalue weighted by Crippen LogP contribution is 2.28. The van der Waals surface area contributed by atoms with Gasteiger partial charge < -0.3 is 19.6 Å². The van der Waals surface area contributed by atoms with Gasteiger partial charge >= 0.3 is 5.97 Å². The molecule has 0 aliphatic carbocycles. The quantitative estimate of drug-likeness (QED) is 0.858. The molecule has 1 N–H and O–H groups in total. The molecule has 0 bridgehead atoms. The molecule has 7 nitrogen and oxygen atoms in total. The van der Waals surface area contributed by atoms with Gasteiger partial charge in [-0.1, -0.05) is 0 Å². The van der Waals surface area contributed by atoms with E-state index in [9.17, 15) is 23.2 Å². The predicted molar refractivity (Wildman–Crippen MR) is 85.4 cm³/mol. The Morgan fingerprint density at radius 1 is 1.19 bits per heavy atom. The molecule has 0 saturated carbocycles. The van der Waals surface area contributed by atoms with Crippen molar-refractivity contribution in [3.63, 3.8) is 0 Å². The number of carbonyl (C=O) groups excluding carboxylic acids is 2. The number of carbonyl (C=O) groups is 3. The Labute approximate surface area is 148 Å². The maximum atomic E-state index is 13.4. The molecule has 1 aromatic rings. The van der Waals surface area contributed by atoms with E-state index in [0.717, 1.165) is 12.1 Å². The van der Waals surface area contributed by atoms with Crippen molar-refractivity contribution in [3.8, 4) is 0 Å². The topological polar surface area (TPSA) is 87.2 Å². The van der Waals surface area contributed by atoms with Crippen LogP contribution in [0.3, 0.4) is 0 Å². The number of ether oxygens (including phenoxy) is 1. The van der Waals surface area contributed by atoms with E-state index in [1.54, 1.807) is 0 Å². The summed E-state index contributed by atoms with van der Waals surface area (Å²) in [7, 11) is 0. The number of anilines is 1. The van der Waals surface area contributed by atoms with Crippen molar-refractivity contribution in [2.24, 2.45) is 5.92 Å². The van der Waals surface area contributed by atoms with Crippen LogP contribution in [0.1, 0.15) is 12.8 Å². The van der Waals surface area contributed by atoms with E-state index in [2.05, 4.69) is 0 Å². The lowest BCUT2D eigenvalue weighted by Gasteiger charge is -2.33. The number of hydrogen-bond donors (Lipinski definition) is 1. The Bertz CT molecular complexity index is 722. The van der Waals surface area contributed by atoms with Gasteiger partial charge in [-0.05, 0) is 12.1 Å². The van der Waals surface area contributed by atoms with Crippen LogP contribution in [0.25, 0.3) is 0 Å². The van der Waals surface area contributed by atoms with E-state index in [0.29, 0.717) is 12.6 Å². The standard InChI is InChI=1S/C17H18F2N2O5/c18-11-4-12(19)6-13(5-11)21-8-10(3-15(21)22)17(25)20-1-2-26-14(9-20)7-16(23)24/h4-6,10,14H,1-3,7-9H2,(H,23,24)/t10-,14-/m1/s1. The van der Waals surface area contributed by atoms with Crippen LogP contribution < -0.4 is 4.90 Å². The molecule has 2 aliphatic rings. The van der Waals surface area contributed by atoms with Crippen LogP contribution >= 0.6 is 0 Å². The first-order valence-corrected chi connectivity index (χ1v) is 8.22. The average molecular weight is 368 g/mol. The number of hydrogen-bond acceptors (Lipinski definition) is 4. The summed E-state index contributed by atoms with van der Waals surface area (Å²) in [5.41, 5.74) is 0.0773. The van der Waals surface area contributed by atoms with Crippen molar-refractivity contribution in [2.45, 2.75) is 18.9 Å². The van der Waals surface area contributed by atoms with E-state index in [1.807, 2.05) is 0 Å². The summed E-state index contributed by atoms with van der Waals surface area (Å²) in [6.07, 6.45) is -0.851. The summed E-state index contributed by atoms with van der Waals surface area (Å²) in [5.74, 6) is -3.92. The molecule has 2 heterocycles. The monoisotopic (exact) mass is 368 g/mol. The lowest BCUT2D eigenvalue weighted by molar-refractivity contribution is -0.149. The number of nitrogens with zero attached hydrogens (tertiary/aromatic N) is 2. The predicted octanol–water partition coefficient (Wildman–Crippen LogP) is 1.02. The van der Waals surface area contributed by atoms with Crippen LogP contribution in [0, 0.1) is 17.6 Å². The van der Waals surface area contributed by atoms with E-state index in [1.165, 1.54) is 9.80 Å². The van der Waals surface area contributed by atoms with Crippen molar-refractivity contribution >= 4 is 23.5 Å². The van der Waals surface area contributed by atoms with Gasteiger partial charge in [0.2, 0.25) is 11.8 Å². The summed E-state index contributed by atoms with van der Waals surface area (Å²) in [6, 6.07) is 2.81. The zero-order valence-corrected chi connectivity index (χ0v) is 13.9. The maximum Gasteiger partial charge on any atom is 0.306 e. The van der Waals surface area contributed by atoms with Crippen LogP contribution in [0.4, 0.5) is 14.5 Å². The second-order valence-corrected chi connectivity index (χ2v) is 6.41. The third kappa shape index (κ3) is 3.98. The lowest BCUT2D eigenvalue weighted by atomic mass is 10.1. The number of halogens is 2. The second kappa shape index (κ2) is 7.36. The van der Waals surface area contributed by atoms with Gasteiger partial charge in [0.25, 0.3) is 0 Å². The highest BCUT2D eigenvalue weighted by atomic mass is 19.1. The molecule has 0 spiro atoms. The van der Waals surface area contributed by atoms with Crippen molar-refractivity contribution in [2.75, 3.05) is 31.1 Å². The van der Waals surface area contributed by atoms with E-state index < -0.39 is 29.6 Å². The number of aliphatic carboxylic acids is 1. The van der Waals surface area contributed by atoms with Gasteiger partial charge in [0, 0.05) is 37.8 Å². The summed E-state index contributed by atoms with van der Waals surface area (Å²) in [4.78, 5) is 38.4. The molecule has 2 amide bonds. The zero-order chi connectivity index (χ0) is 18.8. The fourth-order valence-corrected chi connectivity index (χ4v) is 3.31. The molecule has 0 radical (unpaired) electrons. The number of morpholine rings is 1. The third-order valence-corrected chi connectivity index (χ3v) is 4.49. The van der Waals surface area contributed by atoms with Crippen molar-refractivity contribution < 1.29 is 33.0 Å². The SMILES string of the molecule is O=C(O)C[C@@H]1CN(C(=O)[C@@H]2CC(=O)N(c3cc(F)cc(F)c3)C2)CCO1. The minimum absolute atomic E-state index is 0.0293. The minimum Gasteiger partial charge on any atom is -0.481 e. The molecule has 2 saturated heterocycles. The summed E-state index contributed by atoms with van der Waals surface area (Å²) >= 11 is 0.